The molecule has 0 radical (unpaired) electrons. The van der Waals surface area contributed by atoms with Crippen LogP contribution in [0.2, 0.25) is 0 Å². The van der Waals surface area contributed by atoms with Crippen LogP contribution >= 0.6 is 0 Å². The molecule has 3 aromatic carbocycles. The van der Waals surface area contributed by atoms with Crippen molar-refractivity contribution >= 4 is 28.7 Å². The van der Waals surface area contributed by atoms with E-state index in [0.717, 1.165) is 52.3 Å². The zero-order valence-electron chi connectivity index (χ0n) is 23.2. The number of methoxy groups -OCH3 is 1. The highest BCUT2D eigenvalue weighted by Gasteiger charge is 2.47. The summed E-state index contributed by atoms with van der Waals surface area (Å²) in [6.07, 6.45) is 3.37. The average Bonchev–Trinajstić information content (AvgIpc) is 3.26. The number of benzene rings is 3. The summed E-state index contributed by atoms with van der Waals surface area (Å²) < 4.78 is 11.7. The Bertz CT molecular complexity index is 1660. The van der Waals surface area contributed by atoms with Gasteiger partial charge in [0.1, 0.15) is 17.7 Å². The Morgan fingerprint density at radius 1 is 1.05 bits per heavy atom. The van der Waals surface area contributed by atoms with E-state index in [-0.39, 0.29) is 24.0 Å². The van der Waals surface area contributed by atoms with Gasteiger partial charge >= 0.3 is 12.1 Å². The number of carboxylic acids is 1. The minimum absolute atomic E-state index is 0.110. The van der Waals surface area contributed by atoms with E-state index in [0.29, 0.717) is 30.2 Å². The van der Waals surface area contributed by atoms with Gasteiger partial charge in [0.05, 0.1) is 13.5 Å². The van der Waals surface area contributed by atoms with Gasteiger partial charge in [-0.05, 0) is 83.7 Å². The lowest BCUT2D eigenvalue weighted by Gasteiger charge is -2.39. The van der Waals surface area contributed by atoms with Gasteiger partial charge in [-0.25, -0.2) is 9.78 Å². The molecule has 41 heavy (non-hydrogen) atoms. The predicted molar refractivity (Wildman–Crippen MR) is 157 cm³/mol. The van der Waals surface area contributed by atoms with Crippen LogP contribution < -0.4 is 10.5 Å². The number of aryl methyl sites for hydroxylation is 1. The molecule has 1 aliphatic heterocycles. The summed E-state index contributed by atoms with van der Waals surface area (Å²) in [6.45, 7) is 3.18. The summed E-state index contributed by atoms with van der Waals surface area (Å²) in [5.41, 5.74) is 12.1. The average molecular weight is 552 g/mol. The third kappa shape index (κ3) is 4.94. The molecule has 1 aliphatic carbocycles. The Hall–Kier alpha value is -4.59. The predicted octanol–water partition coefficient (Wildman–Crippen LogP) is 6.04. The van der Waals surface area contributed by atoms with Gasteiger partial charge in [-0.15, -0.1) is 0 Å². The number of carbonyl (C=O) groups excluding carboxylic acids is 1. The van der Waals surface area contributed by atoms with E-state index in [1.807, 2.05) is 31.2 Å². The monoisotopic (exact) mass is 551 g/mol. The van der Waals surface area contributed by atoms with Crippen LogP contribution in [-0.4, -0.2) is 47.3 Å². The first-order chi connectivity index (χ1) is 19.8. The number of ether oxygens (including phenoxy) is 2. The van der Waals surface area contributed by atoms with E-state index in [2.05, 4.69) is 41.4 Å². The molecule has 0 bridgehead atoms. The van der Waals surface area contributed by atoms with Gasteiger partial charge in [0.15, 0.2) is 0 Å². The van der Waals surface area contributed by atoms with Crippen molar-refractivity contribution in [3.8, 4) is 16.9 Å². The number of pyridine rings is 1. The van der Waals surface area contributed by atoms with E-state index in [1.165, 1.54) is 12.7 Å². The van der Waals surface area contributed by atoms with Crippen LogP contribution in [0.15, 0.2) is 66.9 Å². The number of rotatable bonds is 5. The first-order valence-corrected chi connectivity index (χ1v) is 13.9. The van der Waals surface area contributed by atoms with Gasteiger partial charge < -0.3 is 25.2 Å². The smallest absolute Gasteiger partial charge is 0.409 e. The molecule has 3 N–H and O–H groups in total. The lowest BCUT2D eigenvalue weighted by molar-refractivity contribution is -0.136. The van der Waals surface area contributed by atoms with Crippen molar-refractivity contribution in [2.45, 2.75) is 44.1 Å². The number of hydrogen-bond donors (Lipinski definition) is 2. The van der Waals surface area contributed by atoms with E-state index in [1.54, 1.807) is 11.1 Å². The normalized spacial score (nSPS) is 17.4. The summed E-state index contributed by atoms with van der Waals surface area (Å²) in [5, 5.41) is 11.5. The summed E-state index contributed by atoms with van der Waals surface area (Å²) in [6, 6.07) is 20.4. The Labute approximate surface area is 238 Å². The number of aromatic nitrogens is 1. The third-order valence-corrected chi connectivity index (χ3v) is 8.66. The highest BCUT2D eigenvalue weighted by atomic mass is 16.5. The highest BCUT2D eigenvalue weighted by Crippen LogP contribution is 2.53. The summed E-state index contributed by atoms with van der Waals surface area (Å²) in [5.74, 6) is 0.195. The molecular weight excluding hydrogens is 518 g/mol. The molecule has 8 heteroatoms. The van der Waals surface area contributed by atoms with Gasteiger partial charge in [0.2, 0.25) is 0 Å². The number of carbonyl (C=O) groups is 2. The number of amides is 1. The van der Waals surface area contributed by atoms with Crippen LogP contribution in [0.5, 0.6) is 5.75 Å². The Morgan fingerprint density at radius 3 is 2.56 bits per heavy atom. The molecule has 1 amide bonds. The highest BCUT2D eigenvalue weighted by molar-refractivity contribution is 5.94. The number of anilines is 1. The maximum absolute atomic E-state index is 12.2. The van der Waals surface area contributed by atoms with Crippen molar-refractivity contribution in [1.29, 1.82) is 0 Å². The van der Waals surface area contributed by atoms with Crippen molar-refractivity contribution in [3.63, 3.8) is 0 Å². The van der Waals surface area contributed by atoms with E-state index in [4.69, 9.17) is 15.2 Å². The topological polar surface area (TPSA) is 115 Å². The molecule has 1 atom stereocenters. The largest absolute Gasteiger partial charge is 0.485 e. The SMILES string of the molecule is COC(=O)N1CCC2(CC1)CC(Oc1cc(C)ccc1CC(=O)O)c1cc(-c3ccc4ccnc(N)c4c3)ccc12. The van der Waals surface area contributed by atoms with Crippen molar-refractivity contribution in [2.75, 3.05) is 25.9 Å². The number of likely N-dealkylation sites (tertiary alicyclic amines) is 1. The molecule has 2 aliphatic rings. The number of nitrogen functional groups attached to an aromatic ring is 1. The Morgan fingerprint density at radius 2 is 1.80 bits per heavy atom. The second-order valence-corrected chi connectivity index (χ2v) is 11.2. The molecule has 1 unspecified atom stereocenters. The number of nitrogens with two attached hydrogens (primary N) is 1. The number of aliphatic carboxylic acids is 1. The van der Waals surface area contributed by atoms with Crippen LogP contribution in [-0.2, 0) is 21.4 Å². The van der Waals surface area contributed by atoms with Gasteiger partial charge in [0, 0.05) is 35.7 Å². The second kappa shape index (κ2) is 10.4. The molecule has 6 rings (SSSR count). The molecule has 1 aromatic heterocycles. The van der Waals surface area contributed by atoms with Crippen LogP contribution in [0, 0.1) is 6.92 Å². The summed E-state index contributed by atoms with van der Waals surface area (Å²) in [4.78, 5) is 29.8. The summed E-state index contributed by atoms with van der Waals surface area (Å²) in [7, 11) is 1.41. The quantitative estimate of drug-likeness (QED) is 0.311. The maximum Gasteiger partial charge on any atom is 0.409 e. The lowest BCUT2D eigenvalue weighted by Crippen LogP contribution is -2.44. The van der Waals surface area contributed by atoms with E-state index in [9.17, 15) is 14.7 Å². The fraction of sp³-hybridized carbons (Fsp3) is 0.303. The molecule has 0 saturated carbocycles. The number of piperidine rings is 1. The van der Waals surface area contributed by atoms with Crippen molar-refractivity contribution < 1.29 is 24.2 Å². The fourth-order valence-electron chi connectivity index (χ4n) is 6.50. The van der Waals surface area contributed by atoms with Gasteiger partial charge in [-0.1, -0.05) is 36.4 Å². The molecule has 2 heterocycles. The first kappa shape index (κ1) is 26.6. The van der Waals surface area contributed by atoms with Crippen LogP contribution in [0.3, 0.4) is 0 Å². The molecule has 4 aromatic rings. The van der Waals surface area contributed by atoms with E-state index >= 15 is 0 Å². The number of carboxylic acid groups (broad SMARTS) is 1. The molecule has 210 valence electrons. The van der Waals surface area contributed by atoms with Gasteiger partial charge in [-0.2, -0.15) is 0 Å². The zero-order chi connectivity index (χ0) is 28.7. The van der Waals surface area contributed by atoms with Crippen molar-refractivity contribution in [1.82, 2.24) is 9.88 Å². The number of nitrogens with zero attached hydrogens (tertiary/aromatic N) is 2. The van der Waals surface area contributed by atoms with Crippen molar-refractivity contribution in [2.24, 2.45) is 0 Å². The zero-order valence-corrected chi connectivity index (χ0v) is 23.2. The number of fused-ring (bicyclic) bond motifs is 3. The van der Waals surface area contributed by atoms with Crippen LogP contribution in [0.1, 0.15) is 47.6 Å². The standard InChI is InChI=1S/C33H33N3O5/c1-20-3-4-24(18-30(37)38)28(15-20)41-29-19-33(10-13-36(14-11-33)32(39)40-2)27-8-7-23(17-26(27)29)22-6-5-21-9-12-35-31(34)25(21)16-22/h3-9,12,15-17,29H,10-11,13-14,18-19H2,1-2H3,(H2,34,35)(H,37,38). The fourth-order valence-corrected chi connectivity index (χ4v) is 6.50. The minimum atomic E-state index is -0.899. The lowest BCUT2D eigenvalue weighted by atomic mass is 9.73. The molecule has 1 saturated heterocycles. The van der Waals surface area contributed by atoms with Crippen LogP contribution in [0.4, 0.5) is 10.6 Å². The van der Waals surface area contributed by atoms with Crippen molar-refractivity contribution in [3.05, 3.63) is 89.1 Å². The Kier molecular flexibility index (Phi) is 6.77. The second-order valence-electron chi connectivity index (χ2n) is 11.2. The molecule has 8 nitrogen and oxygen atoms in total. The van der Waals surface area contributed by atoms with Gasteiger partial charge in [-0.3, -0.25) is 4.79 Å². The van der Waals surface area contributed by atoms with Crippen LogP contribution in [0.25, 0.3) is 21.9 Å². The number of hydrogen-bond acceptors (Lipinski definition) is 6. The summed E-state index contributed by atoms with van der Waals surface area (Å²) >= 11 is 0. The third-order valence-electron chi connectivity index (χ3n) is 8.66. The molecule has 1 spiro atoms. The molecular formula is C33H33N3O5. The van der Waals surface area contributed by atoms with Gasteiger partial charge in [0.25, 0.3) is 0 Å². The Balaban J connectivity index is 1.41. The van der Waals surface area contributed by atoms with E-state index < -0.39 is 5.97 Å². The minimum Gasteiger partial charge on any atom is -0.485 e. The molecule has 1 fully saturated rings. The first-order valence-electron chi connectivity index (χ1n) is 13.9. The maximum atomic E-state index is 12.2.